The van der Waals surface area contributed by atoms with Gasteiger partial charge >= 0.3 is 0 Å². The van der Waals surface area contributed by atoms with Crippen LogP contribution in [0.15, 0.2) is 12.2 Å². The fourth-order valence-electron chi connectivity index (χ4n) is 0.949. The van der Waals surface area contributed by atoms with E-state index in [1.165, 1.54) is 11.8 Å². The Morgan fingerprint density at radius 3 is 2.15 bits per heavy atom. The maximum Gasteiger partial charge on any atom is 0.255 e. The SMILES string of the molecule is C=C(C)C(=O)N(CCCC)C(C)=O. The molecular formula is C10H17NO2. The molecule has 3 heteroatoms. The van der Waals surface area contributed by atoms with E-state index in [2.05, 4.69) is 6.58 Å². The monoisotopic (exact) mass is 183 g/mol. The summed E-state index contributed by atoms with van der Waals surface area (Å²) in [6.07, 6.45) is 1.81. The third-order valence-electron chi connectivity index (χ3n) is 1.73. The fourth-order valence-corrected chi connectivity index (χ4v) is 0.949. The second-order valence-corrected chi connectivity index (χ2v) is 3.11. The highest BCUT2D eigenvalue weighted by molar-refractivity contribution is 6.02. The largest absolute Gasteiger partial charge is 0.279 e. The molecule has 0 unspecified atom stereocenters. The van der Waals surface area contributed by atoms with Crippen molar-refractivity contribution in [2.75, 3.05) is 6.54 Å². The summed E-state index contributed by atoms with van der Waals surface area (Å²) in [5.74, 6) is -0.470. The summed E-state index contributed by atoms with van der Waals surface area (Å²) in [5.41, 5.74) is 0.409. The van der Waals surface area contributed by atoms with Crippen molar-refractivity contribution in [2.45, 2.75) is 33.6 Å². The Labute approximate surface area is 79.4 Å². The van der Waals surface area contributed by atoms with E-state index in [0.717, 1.165) is 12.8 Å². The molecule has 0 saturated heterocycles. The Bertz CT molecular complexity index is 221. The minimum atomic E-state index is -0.263. The zero-order valence-corrected chi connectivity index (χ0v) is 8.59. The summed E-state index contributed by atoms with van der Waals surface area (Å²) in [6, 6.07) is 0. The van der Waals surface area contributed by atoms with E-state index in [9.17, 15) is 9.59 Å². The number of imide groups is 1. The van der Waals surface area contributed by atoms with Crippen molar-refractivity contribution in [3.05, 3.63) is 12.2 Å². The van der Waals surface area contributed by atoms with Gasteiger partial charge in [-0.3, -0.25) is 14.5 Å². The summed E-state index contributed by atoms with van der Waals surface area (Å²) >= 11 is 0. The lowest BCUT2D eigenvalue weighted by Gasteiger charge is -2.18. The van der Waals surface area contributed by atoms with E-state index >= 15 is 0 Å². The number of unbranched alkanes of at least 4 members (excludes halogenated alkanes) is 1. The van der Waals surface area contributed by atoms with Crippen LogP contribution < -0.4 is 0 Å². The molecule has 0 rings (SSSR count). The van der Waals surface area contributed by atoms with Crippen molar-refractivity contribution in [3.8, 4) is 0 Å². The molecule has 13 heavy (non-hydrogen) atoms. The van der Waals surface area contributed by atoms with Gasteiger partial charge in [0.2, 0.25) is 5.91 Å². The molecule has 3 nitrogen and oxygen atoms in total. The lowest BCUT2D eigenvalue weighted by molar-refractivity contribution is -0.141. The first-order valence-corrected chi connectivity index (χ1v) is 4.48. The van der Waals surface area contributed by atoms with Crippen LogP contribution in [0.5, 0.6) is 0 Å². The topological polar surface area (TPSA) is 37.4 Å². The molecule has 74 valence electrons. The van der Waals surface area contributed by atoms with E-state index < -0.39 is 0 Å². The maximum absolute atomic E-state index is 11.4. The summed E-state index contributed by atoms with van der Waals surface area (Å²) in [5, 5.41) is 0. The van der Waals surface area contributed by atoms with Crippen LogP contribution >= 0.6 is 0 Å². The first kappa shape index (κ1) is 11.9. The Hall–Kier alpha value is -1.12. The van der Waals surface area contributed by atoms with Crippen molar-refractivity contribution < 1.29 is 9.59 Å². The quantitative estimate of drug-likeness (QED) is 0.622. The molecule has 0 heterocycles. The molecule has 0 fully saturated rings. The van der Waals surface area contributed by atoms with Crippen LogP contribution in [0.25, 0.3) is 0 Å². The molecule has 0 radical (unpaired) electrons. The number of rotatable bonds is 4. The molecule has 0 aromatic carbocycles. The Balaban J connectivity index is 4.33. The summed E-state index contributed by atoms with van der Waals surface area (Å²) in [4.78, 5) is 23.7. The van der Waals surface area contributed by atoms with Crippen LogP contribution in [0, 0.1) is 0 Å². The van der Waals surface area contributed by atoms with Gasteiger partial charge < -0.3 is 0 Å². The molecule has 0 aromatic rings. The Kier molecular flexibility index (Phi) is 5.04. The van der Waals surface area contributed by atoms with Crippen molar-refractivity contribution in [1.82, 2.24) is 4.90 Å². The molecule has 0 aliphatic heterocycles. The number of carbonyl (C=O) groups is 2. The van der Waals surface area contributed by atoms with Gasteiger partial charge in [0.05, 0.1) is 0 Å². The summed E-state index contributed by atoms with van der Waals surface area (Å²) in [6.45, 7) is 9.05. The van der Waals surface area contributed by atoms with Crippen LogP contribution in [0.1, 0.15) is 33.6 Å². The van der Waals surface area contributed by atoms with Crippen molar-refractivity contribution in [3.63, 3.8) is 0 Å². The minimum Gasteiger partial charge on any atom is -0.279 e. The molecule has 0 aromatic heterocycles. The number of carbonyl (C=O) groups excluding carboxylic acids is 2. The average Bonchev–Trinajstić information content (AvgIpc) is 2.04. The zero-order valence-electron chi connectivity index (χ0n) is 8.59. The van der Waals surface area contributed by atoms with E-state index in [0.29, 0.717) is 12.1 Å². The van der Waals surface area contributed by atoms with Gasteiger partial charge in [-0.15, -0.1) is 0 Å². The lowest BCUT2D eigenvalue weighted by atomic mass is 10.2. The molecule has 0 saturated carbocycles. The van der Waals surface area contributed by atoms with E-state index in [1.807, 2.05) is 6.92 Å². The molecule has 0 spiro atoms. The predicted molar refractivity (Wildman–Crippen MR) is 52.1 cm³/mol. The molecule has 0 aliphatic rings. The average molecular weight is 183 g/mol. The second kappa shape index (κ2) is 5.51. The van der Waals surface area contributed by atoms with Crippen LogP contribution in [0.3, 0.4) is 0 Å². The molecule has 2 amide bonds. The van der Waals surface area contributed by atoms with Crippen LogP contribution in [0.4, 0.5) is 0 Å². The summed E-state index contributed by atoms with van der Waals surface area (Å²) < 4.78 is 0. The maximum atomic E-state index is 11.4. The number of amides is 2. The highest BCUT2D eigenvalue weighted by Gasteiger charge is 2.16. The van der Waals surface area contributed by atoms with Gasteiger partial charge in [0.15, 0.2) is 0 Å². The third kappa shape index (κ3) is 3.87. The van der Waals surface area contributed by atoms with Gasteiger partial charge in [0, 0.05) is 19.0 Å². The minimum absolute atomic E-state index is 0.207. The van der Waals surface area contributed by atoms with E-state index in [4.69, 9.17) is 0 Å². The van der Waals surface area contributed by atoms with Gasteiger partial charge in [0.25, 0.3) is 5.91 Å². The van der Waals surface area contributed by atoms with Crippen LogP contribution in [-0.2, 0) is 9.59 Å². The first-order valence-electron chi connectivity index (χ1n) is 4.48. The van der Waals surface area contributed by atoms with E-state index in [1.54, 1.807) is 6.92 Å². The lowest BCUT2D eigenvalue weighted by Crippen LogP contribution is -2.36. The van der Waals surface area contributed by atoms with Crippen molar-refractivity contribution in [2.24, 2.45) is 0 Å². The Morgan fingerprint density at radius 2 is 1.85 bits per heavy atom. The predicted octanol–water partition coefficient (Wildman–Crippen LogP) is 1.74. The van der Waals surface area contributed by atoms with Crippen LogP contribution in [-0.4, -0.2) is 23.3 Å². The molecule has 0 atom stereocenters. The molecule has 0 N–H and O–H groups in total. The molecular weight excluding hydrogens is 166 g/mol. The van der Waals surface area contributed by atoms with Crippen LogP contribution in [0.2, 0.25) is 0 Å². The standard InChI is InChI=1S/C10H17NO2/c1-5-6-7-11(9(4)12)10(13)8(2)3/h2,5-7H2,1,3-4H3. The molecule has 0 aliphatic carbocycles. The highest BCUT2D eigenvalue weighted by Crippen LogP contribution is 2.02. The zero-order chi connectivity index (χ0) is 10.4. The van der Waals surface area contributed by atoms with Gasteiger partial charge in [-0.2, -0.15) is 0 Å². The van der Waals surface area contributed by atoms with E-state index in [-0.39, 0.29) is 11.8 Å². The Morgan fingerprint density at radius 1 is 1.31 bits per heavy atom. The van der Waals surface area contributed by atoms with Crippen molar-refractivity contribution >= 4 is 11.8 Å². The van der Waals surface area contributed by atoms with Gasteiger partial charge in [0.1, 0.15) is 0 Å². The number of nitrogens with zero attached hydrogens (tertiary/aromatic N) is 1. The number of hydrogen-bond donors (Lipinski definition) is 0. The van der Waals surface area contributed by atoms with Gasteiger partial charge in [-0.25, -0.2) is 0 Å². The normalized spacial score (nSPS) is 9.46. The highest BCUT2D eigenvalue weighted by atomic mass is 16.2. The van der Waals surface area contributed by atoms with Gasteiger partial charge in [-0.1, -0.05) is 19.9 Å². The van der Waals surface area contributed by atoms with Gasteiger partial charge in [-0.05, 0) is 13.3 Å². The second-order valence-electron chi connectivity index (χ2n) is 3.11. The van der Waals surface area contributed by atoms with Crippen molar-refractivity contribution in [1.29, 1.82) is 0 Å². The fraction of sp³-hybridized carbons (Fsp3) is 0.600. The summed E-state index contributed by atoms with van der Waals surface area (Å²) in [7, 11) is 0. The first-order chi connectivity index (χ1) is 6.00. The number of hydrogen-bond acceptors (Lipinski definition) is 2. The molecule has 0 bridgehead atoms. The third-order valence-corrected chi connectivity index (χ3v) is 1.73. The smallest absolute Gasteiger partial charge is 0.255 e.